The summed E-state index contributed by atoms with van der Waals surface area (Å²) < 4.78 is 35.0. The molecule has 0 bridgehead atoms. The van der Waals surface area contributed by atoms with Crippen LogP contribution in [-0.2, 0) is 27.1 Å². The number of ether oxygens (including phenoxy) is 1. The van der Waals surface area contributed by atoms with Gasteiger partial charge in [0, 0.05) is 25.4 Å². The first-order valence-electron chi connectivity index (χ1n) is 10.2. The molecule has 1 aliphatic heterocycles. The molecule has 0 atom stereocenters. The fourth-order valence-electron chi connectivity index (χ4n) is 3.58. The molecule has 0 spiro atoms. The molecule has 0 radical (unpaired) electrons. The van der Waals surface area contributed by atoms with Gasteiger partial charge in [-0.2, -0.15) is 4.31 Å². The van der Waals surface area contributed by atoms with Crippen LogP contribution in [0.25, 0.3) is 11.0 Å². The molecule has 1 saturated heterocycles. The molecule has 0 aliphatic carbocycles. The lowest BCUT2D eigenvalue weighted by Gasteiger charge is -2.26. The summed E-state index contributed by atoms with van der Waals surface area (Å²) in [5.74, 6) is 1.16. The van der Waals surface area contributed by atoms with Crippen molar-refractivity contribution < 1.29 is 13.2 Å². The Balaban J connectivity index is 1.55. The number of benzene rings is 2. The van der Waals surface area contributed by atoms with Crippen molar-refractivity contribution in [3.63, 3.8) is 0 Å². The van der Waals surface area contributed by atoms with E-state index in [1.165, 1.54) is 4.31 Å². The SMILES string of the molecule is CC(C)Cn1c(SCc2cccc(S(=O)(=O)N3CCOCC3)c2)nc2ccccc21. The zero-order valence-electron chi connectivity index (χ0n) is 17.3. The fraction of sp³-hybridized carbons (Fsp3) is 0.409. The van der Waals surface area contributed by atoms with Crippen LogP contribution in [0.2, 0.25) is 0 Å². The van der Waals surface area contributed by atoms with E-state index in [1.807, 2.05) is 30.3 Å². The second-order valence-electron chi connectivity index (χ2n) is 7.84. The molecule has 160 valence electrons. The van der Waals surface area contributed by atoms with Gasteiger partial charge in [-0.25, -0.2) is 13.4 Å². The minimum Gasteiger partial charge on any atom is -0.379 e. The first-order valence-corrected chi connectivity index (χ1v) is 12.6. The molecule has 2 heterocycles. The number of para-hydroxylation sites is 2. The van der Waals surface area contributed by atoms with Gasteiger partial charge in [0.15, 0.2) is 5.16 Å². The number of thioether (sulfide) groups is 1. The molecule has 0 amide bonds. The number of imidazole rings is 1. The standard InChI is InChI=1S/C22H27N3O3S2/c1-17(2)15-25-21-9-4-3-8-20(21)23-22(25)29-16-18-6-5-7-19(14-18)30(26,27)24-10-12-28-13-11-24/h3-9,14,17H,10-13,15-16H2,1-2H3. The number of hydrogen-bond donors (Lipinski definition) is 0. The van der Waals surface area contributed by atoms with Crippen molar-refractivity contribution in [2.75, 3.05) is 26.3 Å². The quantitative estimate of drug-likeness (QED) is 0.514. The van der Waals surface area contributed by atoms with E-state index in [2.05, 4.69) is 24.5 Å². The van der Waals surface area contributed by atoms with E-state index in [-0.39, 0.29) is 0 Å². The van der Waals surface area contributed by atoms with Crippen molar-refractivity contribution in [1.82, 2.24) is 13.9 Å². The first kappa shape index (κ1) is 21.4. The van der Waals surface area contributed by atoms with E-state index in [1.54, 1.807) is 23.9 Å². The van der Waals surface area contributed by atoms with Crippen molar-refractivity contribution in [3.05, 3.63) is 54.1 Å². The Hall–Kier alpha value is -1.87. The van der Waals surface area contributed by atoms with E-state index in [0.717, 1.165) is 28.3 Å². The molecule has 3 aromatic rings. The van der Waals surface area contributed by atoms with Crippen LogP contribution in [-0.4, -0.2) is 48.6 Å². The Morgan fingerprint density at radius 2 is 1.87 bits per heavy atom. The van der Waals surface area contributed by atoms with Gasteiger partial charge in [0.05, 0.1) is 29.1 Å². The van der Waals surface area contributed by atoms with Gasteiger partial charge in [-0.1, -0.05) is 49.9 Å². The molecule has 8 heteroatoms. The van der Waals surface area contributed by atoms with Gasteiger partial charge < -0.3 is 9.30 Å². The number of sulfonamides is 1. The Labute approximate surface area is 182 Å². The number of fused-ring (bicyclic) bond motifs is 1. The van der Waals surface area contributed by atoms with Crippen molar-refractivity contribution in [1.29, 1.82) is 0 Å². The van der Waals surface area contributed by atoms with Crippen LogP contribution in [0, 0.1) is 5.92 Å². The molecule has 1 aliphatic rings. The van der Waals surface area contributed by atoms with Gasteiger partial charge in [-0.3, -0.25) is 0 Å². The summed E-state index contributed by atoms with van der Waals surface area (Å²) >= 11 is 1.65. The first-order chi connectivity index (χ1) is 14.4. The van der Waals surface area contributed by atoms with Crippen LogP contribution in [0.3, 0.4) is 0 Å². The van der Waals surface area contributed by atoms with Crippen LogP contribution in [0.1, 0.15) is 19.4 Å². The molecule has 0 saturated carbocycles. The summed E-state index contributed by atoms with van der Waals surface area (Å²) in [7, 11) is -3.49. The van der Waals surface area contributed by atoms with E-state index in [9.17, 15) is 8.42 Å². The molecule has 2 aromatic carbocycles. The Kier molecular flexibility index (Phi) is 6.48. The number of nitrogens with zero attached hydrogens (tertiary/aromatic N) is 3. The number of aromatic nitrogens is 2. The third-order valence-electron chi connectivity index (χ3n) is 5.04. The Morgan fingerprint density at radius 3 is 2.63 bits per heavy atom. The minimum atomic E-state index is -3.49. The number of rotatable bonds is 7. The molecule has 30 heavy (non-hydrogen) atoms. The smallest absolute Gasteiger partial charge is 0.243 e. The molecule has 1 aromatic heterocycles. The normalized spacial score (nSPS) is 15.8. The fourth-order valence-corrected chi connectivity index (χ4v) is 6.03. The summed E-state index contributed by atoms with van der Waals surface area (Å²) in [5, 5.41) is 0.964. The van der Waals surface area contributed by atoms with Crippen LogP contribution >= 0.6 is 11.8 Å². The van der Waals surface area contributed by atoms with Gasteiger partial charge in [0.25, 0.3) is 0 Å². The van der Waals surface area contributed by atoms with Gasteiger partial charge in [-0.15, -0.1) is 0 Å². The lowest BCUT2D eigenvalue weighted by molar-refractivity contribution is 0.0730. The van der Waals surface area contributed by atoms with E-state index in [4.69, 9.17) is 9.72 Å². The van der Waals surface area contributed by atoms with Crippen LogP contribution < -0.4 is 0 Å². The highest BCUT2D eigenvalue weighted by Gasteiger charge is 2.26. The predicted octanol–water partition coefficient (Wildman–Crippen LogP) is 4.01. The summed E-state index contributed by atoms with van der Waals surface area (Å²) in [6.45, 7) is 6.99. The zero-order valence-corrected chi connectivity index (χ0v) is 19.0. The summed E-state index contributed by atoms with van der Waals surface area (Å²) in [4.78, 5) is 5.16. The lowest BCUT2D eigenvalue weighted by atomic mass is 10.2. The summed E-state index contributed by atoms with van der Waals surface area (Å²) in [6, 6.07) is 15.4. The predicted molar refractivity (Wildman–Crippen MR) is 120 cm³/mol. The molecule has 0 N–H and O–H groups in total. The zero-order chi connectivity index (χ0) is 21.1. The minimum absolute atomic E-state index is 0.346. The monoisotopic (exact) mass is 445 g/mol. The van der Waals surface area contributed by atoms with E-state index >= 15 is 0 Å². The highest BCUT2D eigenvalue weighted by molar-refractivity contribution is 7.98. The van der Waals surface area contributed by atoms with Crippen molar-refractivity contribution in [3.8, 4) is 0 Å². The maximum Gasteiger partial charge on any atom is 0.243 e. The maximum absolute atomic E-state index is 13.0. The Bertz CT molecular complexity index is 1120. The van der Waals surface area contributed by atoms with E-state index < -0.39 is 10.0 Å². The number of morpholine rings is 1. The third kappa shape index (κ3) is 4.56. The lowest BCUT2D eigenvalue weighted by Crippen LogP contribution is -2.40. The average Bonchev–Trinajstić information content (AvgIpc) is 3.10. The van der Waals surface area contributed by atoms with Crippen molar-refractivity contribution >= 4 is 32.8 Å². The Morgan fingerprint density at radius 1 is 1.10 bits per heavy atom. The highest BCUT2D eigenvalue weighted by Crippen LogP contribution is 2.29. The summed E-state index contributed by atoms with van der Waals surface area (Å²) in [5.41, 5.74) is 3.10. The van der Waals surface area contributed by atoms with Gasteiger partial charge >= 0.3 is 0 Å². The molecular weight excluding hydrogens is 418 g/mol. The molecule has 0 unspecified atom stereocenters. The van der Waals surface area contributed by atoms with E-state index in [0.29, 0.717) is 42.9 Å². The maximum atomic E-state index is 13.0. The second kappa shape index (κ2) is 9.09. The highest BCUT2D eigenvalue weighted by atomic mass is 32.2. The largest absolute Gasteiger partial charge is 0.379 e. The second-order valence-corrected chi connectivity index (χ2v) is 10.7. The van der Waals surface area contributed by atoms with Crippen LogP contribution in [0.4, 0.5) is 0 Å². The van der Waals surface area contributed by atoms with Gasteiger partial charge in [-0.05, 0) is 35.7 Å². The molecule has 4 rings (SSSR count). The van der Waals surface area contributed by atoms with Crippen molar-refractivity contribution in [2.24, 2.45) is 5.92 Å². The molecular formula is C22H27N3O3S2. The summed E-state index contributed by atoms with van der Waals surface area (Å²) in [6.07, 6.45) is 0. The van der Waals surface area contributed by atoms with Crippen LogP contribution in [0.15, 0.2) is 58.6 Å². The number of hydrogen-bond acceptors (Lipinski definition) is 5. The topological polar surface area (TPSA) is 64.4 Å². The third-order valence-corrected chi connectivity index (χ3v) is 7.98. The van der Waals surface area contributed by atoms with Gasteiger partial charge in [0.1, 0.15) is 0 Å². The van der Waals surface area contributed by atoms with Crippen LogP contribution in [0.5, 0.6) is 0 Å². The van der Waals surface area contributed by atoms with Gasteiger partial charge in [0.2, 0.25) is 10.0 Å². The van der Waals surface area contributed by atoms with Crippen molar-refractivity contribution in [2.45, 2.75) is 36.2 Å². The molecule has 1 fully saturated rings. The molecule has 6 nitrogen and oxygen atoms in total. The average molecular weight is 446 g/mol.